The lowest BCUT2D eigenvalue weighted by atomic mass is 10.1. The maximum absolute atomic E-state index is 12.3. The number of rotatable bonds is 7. The van der Waals surface area contributed by atoms with Crippen molar-refractivity contribution in [2.75, 3.05) is 24.7 Å². The number of thiophene rings is 1. The van der Waals surface area contributed by atoms with Crippen molar-refractivity contribution < 1.29 is 18.0 Å². The van der Waals surface area contributed by atoms with Crippen LogP contribution in [0.5, 0.6) is 0 Å². The molecule has 2 aromatic rings. The fourth-order valence-electron chi connectivity index (χ4n) is 2.99. The van der Waals surface area contributed by atoms with Gasteiger partial charge in [0.15, 0.2) is 5.13 Å². The van der Waals surface area contributed by atoms with Gasteiger partial charge in [0.05, 0.1) is 24.8 Å². The third kappa shape index (κ3) is 6.09. The molecule has 0 aromatic carbocycles. The first-order valence-electron chi connectivity index (χ1n) is 8.81. The molecule has 2 N–H and O–H groups in total. The Labute approximate surface area is 172 Å². The molecule has 0 bridgehead atoms. The summed E-state index contributed by atoms with van der Waals surface area (Å²) in [5, 5.41) is 9.75. The van der Waals surface area contributed by atoms with E-state index in [1.807, 2.05) is 17.5 Å². The Morgan fingerprint density at radius 3 is 2.82 bits per heavy atom. The predicted octanol–water partition coefficient (Wildman–Crippen LogP) is 1.47. The maximum atomic E-state index is 12.3. The van der Waals surface area contributed by atoms with E-state index in [9.17, 15) is 18.0 Å². The lowest BCUT2D eigenvalue weighted by Crippen LogP contribution is -2.49. The summed E-state index contributed by atoms with van der Waals surface area (Å²) in [5.41, 5.74) is 0.574. The van der Waals surface area contributed by atoms with E-state index in [1.54, 1.807) is 5.38 Å². The summed E-state index contributed by atoms with van der Waals surface area (Å²) < 4.78 is 24.7. The number of carbonyl (C=O) groups excluding carboxylic acids is 2. The number of amides is 2. The third-order valence-corrected chi connectivity index (χ3v) is 7.23. The quantitative estimate of drug-likeness (QED) is 0.675. The number of thiazole rings is 1. The summed E-state index contributed by atoms with van der Waals surface area (Å²) in [7, 11) is -3.25. The van der Waals surface area contributed by atoms with Crippen LogP contribution in [0.2, 0.25) is 0 Å². The number of carbonyl (C=O) groups is 2. The second kappa shape index (κ2) is 9.12. The number of piperidine rings is 1. The fourth-order valence-corrected chi connectivity index (χ4v) is 5.33. The Hall–Kier alpha value is -1.82. The SMILES string of the molecule is CS(=O)(=O)N1CCCC(NC(=O)Cc2csc(NC(=O)Cc3cccs3)n2)C1. The van der Waals surface area contributed by atoms with Gasteiger partial charge in [0.2, 0.25) is 21.8 Å². The Bertz CT molecular complexity index is 924. The number of anilines is 1. The number of hydrogen-bond acceptors (Lipinski definition) is 7. The average molecular weight is 443 g/mol. The lowest BCUT2D eigenvalue weighted by molar-refractivity contribution is -0.121. The van der Waals surface area contributed by atoms with Gasteiger partial charge in [-0.2, -0.15) is 0 Å². The second-order valence-electron chi connectivity index (χ2n) is 6.65. The van der Waals surface area contributed by atoms with E-state index in [4.69, 9.17) is 0 Å². The molecule has 1 saturated heterocycles. The highest BCUT2D eigenvalue weighted by molar-refractivity contribution is 7.88. The molecule has 2 amide bonds. The molecule has 2 aromatic heterocycles. The van der Waals surface area contributed by atoms with Crippen LogP contribution in [0.3, 0.4) is 0 Å². The summed E-state index contributed by atoms with van der Waals surface area (Å²) in [4.78, 5) is 29.6. The van der Waals surface area contributed by atoms with E-state index >= 15 is 0 Å². The van der Waals surface area contributed by atoms with E-state index in [0.717, 1.165) is 17.7 Å². The van der Waals surface area contributed by atoms with E-state index in [1.165, 1.54) is 33.2 Å². The standard InChI is InChI=1S/C17H22N4O4S3/c1-28(24,25)21-6-2-4-12(10-21)18-15(22)8-13-11-27-17(19-13)20-16(23)9-14-5-3-7-26-14/h3,5,7,11-12H,2,4,6,8-10H2,1H3,(H,18,22)(H,19,20,23). The van der Waals surface area contributed by atoms with Gasteiger partial charge in [0.1, 0.15) is 0 Å². The molecule has 0 aliphatic carbocycles. The Morgan fingerprint density at radius 1 is 1.29 bits per heavy atom. The number of nitrogens with zero attached hydrogens (tertiary/aromatic N) is 2. The van der Waals surface area contributed by atoms with E-state index in [-0.39, 0.29) is 24.3 Å². The molecule has 1 unspecified atom stereocenters. The highest BCUT2D eigenvalue weighted by atomic mass is 32.2. The van der Waals surface area contributed by atoms with Crippen LogP contribution < -0.4 is 10.6 Å². The zero-order valence-corrected chi connectivity index (χ0v) is 17.8. The van der Waals surface area contributed by atoms with E-state index in [0.29, 0.717) is 30.3 Å². The Balaban J connectivity index is 1.47. The van der Waals surface area contributed by atoms with Crippen molar-refractivity contribution in [3.05, 3.63) is 33.5 Å². The highest BCUT2D eigenvalue weighted by Crippen LogP contribution is 2.18. The molecule has 0 spiro atoms. The first-order valence-corrected chi connectivity index (χ1v) is 12.4. The molecule has 0 radical (unpaired) electrons. The second-order valence-corrected chi connectivity index (χ2v) is 10.5. The van der Waals surface area contributed by atoms with Gasteiger partial charge in [-0.1, -0.05) is 6.07 Å². The van der Waals surface area contributed by atoms with Crippen LogP contribution in [0, 0.1) is 0 Å². The normalized spacial score (nSPS) is 18.0. The van der Waals surface area contributed by atoms with Gasteiger partial charge in [0.25, 0.3) is 0 Å². The van der Waals surface area contributed by atoms with Gasteiger partial charge in [-0.25, -0.2) is 17.7 Å². The zero-order valence-electron chi connectivity index (χ0n) is 15.4. The van der Waals surface area contributed by atoms with Crippen molar-refractivity contribution >= 4 is 49.6 Å². The Kier molecular flexibility index (Phi) is 6.81. The summed E-state index contributed by atoms with van der Waals surface area (Å²) in [6.45, 7) is 0.789. The Morgan fingerprint density at radius 2 is 2.11 bits per heavy atom. The van der Waals surface area contributed by atoms with Crippen LogP contribution in [0.4, 0.5) is 5.13 Å². The lowest BCUT2D eigenvalue weighted by Gasteiger charge is -2.31. The first kappa shape index (κ1) is 20.9. The van der Waals surface area contributed by atoms with Crippen LogP contribution in [0.25, 0.3) is 0 Å². The first-order chi connectivity index (χ1) is 13.3. The van der Waals surface area contributed by atoms with Crippen molar-refractivity contribution in [2.24, 2.45) is 0 Å². The monoisotopic (exact) mass is 442 g/mol. The van der Waals surface area contributed by atoms with Gasteiger partial charge in [0, 0.05) is 29.4 Å². The summed E-state index contributed by atoms with van der Waals surface area (Å²) in [5.74, 6) is -0.349. The molecular weight excluding hydrogens is 420 g/mol. The zero-order chi connectivity index (χ0) is 20.1. The summed E-state index contributed by atoms with van der Waals surface area (Å²) >= 11 is 2.80. The number of nitrogens with one attached hydrogen (secondary N) is 2. The predicted molar refractivity (Wildman–Crippen MR) is 110 cm³/mol. The van der Waals surface area contributed by atoms with Gasteiger partial charge in [-0.3, -0.25) is 9.59 Å². The smallest absolute Gasteiger partial charge is 0.231 e. The molecule has 1 atom stereocenters. The largest absolute Gasteiger partial charge is 0.352 e. The molecule has 3 rings (SSSR count). The molecular formula is C17H22N4O4S3. The van der Waals surface area contributed by atoms with Crippen molar-refractivity contribution in [3.8, 4) is 0 Å². The molecule has 1 aliphatic rings. The topological polar surface area (TPSA) is 108 Å². The molecule has 8 nitrogen and oxygen atoms in total. The molecule has 152 valence electrons. The highest BCUT2D eigenvalue weighted by Gasteiger charge is 2.26. The van der Waals surface area contributed by atoms with Crippen molar-refractivity contribution in [1.82, 2.24) is 14.6 Å². The molecule has 0 saturated carbocycles. The van der Waals surface area contributed by atoms with Gasteiger partial charge < -0.3 is 10.6 Å². The molecule has 1 aliphatic heterocycles. The van der Waals surface area contributed by atoms with Gasteiger partial charge >= 0.3 is 0 Å². The van der Waals surface area contributed by atoms with Crippen LogP contribution in [0.15, 0.2) is 22.9 Å². The van der Waals surface area contributed by atoms with E-state index < -0.39 is 10.0 Å². The fraction of sp³-hybridized carbons (Fsp3) is 0.471. The summed E-state index contributed by atoms with van der Waals surface area (Å²) in [6, 6.07) is 3.60. The maximum Gasteiger partial charge on any atom is 0.231 e. The molecule has 1 fully saturated rings. The van der Waals surface area contributed by atoms with Crippen molar-refractivity contribution in [1.29, 1.82) is 0 Å². The van der Waals surface area contributed by atoms with Crippen molar-refractivity contribution in [3.63, 3.8) is 0 Å². The third-order valence-electron chi connectivity index (χ3n) is 4.27. The minimum atomic E-state index is -3.25. The summed E-state index contributed by atoms with van der Waals surface area (Å²) in [6.07, 6.45) is 3.03. The minimum absolute atomic E-state index is 0.0900. The molecule has 28 heavy (non-hydrogen) atoms. The van der Waals surface area contributed by atoms with Gasteiger partial charge in [-0.05, 0) is 24.3 Å². The number of hydrogen-bond donors (Lipinski definition) is 2. The average Bonchev–Trinajstić information content (AvgIpc) is 3.26. The number of sulfonamides is 1. The van der Waals surface area contributed by atoms with Crippen LogP contribution >= 0.6 is 22.7 Å². The minimum Gasteiger partial charge on any atom is -0.352 e. The van der Waals surface area contributed by atoms with Gasteiger partial charge in [-0.15, -0.1) is 22.7 Å². The number of aromatic nitrogens is 1. The van der Waals surface area contributed by atoms with Crippen molar-refractivity contribution in [2.45, 2.75) is 31.7 Å². The molecule has 3 heterocycles. The van der Waals surface area contributed by atoms with Crippen LogP contribution in [-0.2, 0) is 32.5 Å². The molecule has 11 heteroatoms. The van der Waals surface area contributed by atoms with Crippen LogP contribution in [-0.4, -0.2) is 54.9 Å². The van der Waals surface area contributed by atoms with Crippen LogP contribution in [0.1, 0.15) is 23.4 Å². The van der Waals surface area contributed by atoms with E-state index in [2.05, 4.69) is 15.6 Å².